The van der Waals surface area contributed by atoms with Crippen LogP contribution in [0.5, 0.6) is 0 Å². The molecule has 1 aliphatic carbocycles. The van der Waals surface area contributed by atoms with Crippen LogP contribution in [0.4, 0.5) is 26.2 Å². The van der Waals surface area contributed by atoms with Crippen molar-refractivity contribution in [2.75, 3.05) is 33.5 Å². The van der Waals surface area contributed by atoms with Crippen molar-refractivity contribution in [3.8, 4) is 0 Å². The van der Waals surface area contributed by atoms with Crippen molar-refractivity contribution in [3.05, 3.63) is 41.1 Å². The van der Waals surface area contributed by atoms with Crippen LogP contribution >= 0.6 is 0 Å². The number of carbonyl (C=O) groups is 1. The van der Waals surface area contributed by atoms with Gasteiger partial charge < -0.3 is 11.1 Å². The van der Waals surface area contributed by atoms with Crippen LogP contribution in [0.15, 0.2) is 24.4 Å². The number of nitrogens with two attached hydrogens (primary N) is 1. The molecule has 1 aliphatic rings. The Morgan fingerprint density at radius 2 is 1.84 bits per heavy atom. The van der Waals surface area contributed by atoms with Gasteiger partial charge in [-0.25, -0.2) is 8.78 Å². The first kappa shape index (κ1) is 24.0. The van der Waals surface area contributed by atoms with Gasteiger partial charge in [0.2, 0.25) is 0 Å². The number of benzene rings is 1. The molecule has 0 spiro atoms. The van der Waals surface area contributed by atoms with Gasteiger partial charge in [0.25, 0.3) is 11.8 Å². The van der Waals surface area contributed by atoms with E-state index in [1.165, 1.54) is 6.20 Å². The van der Waals surface area contributed by atoms with Gasteiger partial charge in [0.15, 0.2) is 5.82 Å². The average Bonchev–Trinajstić information content (AvgIpc) is 2.65. The SMILES string of the molecule is Cc1cc(C)cc(Nc2nc([N+](C)(C)C3CCCC(F)(F)C3N(C)C)ncc2C(N)=O)c1. The topological polar surface area (TPSA) is 84.1 Å². The van der Waals surface area contributed by atoms with Crippen molar-refractivity contribution in [2.24, 2.45) is 5.73 Å². The zero-order valence-corrected chi connectivity index (χ0v) is 19.6. The Morgan fingerprint density at radius 3 is 2.41 bits per heavy atom. The molecule has 0 saturated heterocycles. The van der Waals surface area contributed by atoms with Crippen LogP contribution in [-0.2, 0) is 0 Å². The molecule has 0 radical (unpaired) electrons. The van der Waals surface area contributed by atoms with E-state index >= 15 is 0 Å². The zero-order chi connectivity index (χ0) is 23.8. The number of nitrogens with one attached hydrogen (secondary N) is 1. The molecule has 174 valence electrons. The molecule has 0 bridgehead atoms. The third-order valence-electron chi connectivity index (χ3n) is 6.23. The smallest absolute Gasteiger partial charge is 0.330 e. The molecule has 1 aromatic heterocycles. The number of alkyl halides is 2. The summed E-state index contributed by atoms with van der Waals surface area (Å²) < 4.78 is 29.8. The highest BCUT2D eigenvalue weighted by Crippen LogP contribution is 2.41. The molecular formula is C23H33F2N6O+. The number of hydrogen-bond donors (Lipinski definition) is 2. The first-order chi connectivity index (χ1) is 14.8. The Hall–Kier alpha value is -2.65. The molecule has 1 aromatic carbocycles. The number of primary amides is 1. The maximum absolute atomic E-state index is 14.9. The van der Waals surface area contributed by atoms with E-state index in [1.54, 1.807) is 19.0 Å². The van der Waals surface area contributed by atoms with Crippen LogP contribution in [0.1, 0.15) is 40.7 Å². The number of carbonyl (C=O) groups excluding carboxylic acids is 1. The largest absolute Gasteiger partial charge is 0.365 e. The summed E-state index contributed by atoms with van der Waals surface area (Å²) in [5.41, 5.74) is 8.57. The Bertz CT molecular complexity index is 988. The third-order valence-corrected chi connectivity index (χ3v) is 6.23. The number of halogens is 2. The van der Waals surface area contributed by atoms with E-state index in [0.29, 0.717) is 18.8 Å². The van der Waals surface area contributed by atoms with Gasteiger partial charge in [0.05, 0.1) is 20.3 Å². The zero-order valence-electron chi connectivity index (χ0n) is 19.6. The van der Waals surface area contributed by atoms with Crippen LogP contribution in [-0.4, -0.2) is 67.0 Å². The molecule has 1 fully saturated rings. The fourth-order valence-corrected chi connectivity index (χ4v) is 4.79. The van der Waals surface area contributed by atoms with Crippen molar-refractivity contribution >= 4 is 23.4 Å². The number of anilines is 2. The van der Waals surface area contributed by atoms with Crippen molar-refractivity contribution in [3.63, 3.8) is 0 Å². The highest BCUT2D eigenvalue weighted by Gasteiger charge is 2.55. The summed E-state index contributed by atoms with van der Waals surface area (Å²) in [6.45, 7) is 3.95. The van der Waals surface area contributed by atoms with Gasteiger partial charge in [0, 0.05) is 18.5 Å². The number of aryl methyl sites for hydroxylation is 2. The molecule has 3 N–H and O–H groups in total. The predicted molar refractivity (Wildman–Crippen MR) is 123 cm³/mol. The van der Waals surface area contributed by atoms with Gasteiger partial charge in [-0.15, -0.1) is 0 Å². The van der Waals surface area contributed by atoms with Crippen LogP contribution in [0.3, 0.4) is 0 Å². The standard InChI is InChI=1S/C23H32F2N6O/c1-14-10-15(2)12-16(11-14)28-21-17(20(26)32)13-27-22(29-21)31(5,6)18-8-7-9-23(24,25)19(18)30(3)4/h10-13,18-19H,7-9H2,1-6H3,(H2-,26,27,28,29,32)/p+1. The lowest BCUT2D eigenvalue weighted by atomic mass is 9.84. The van der Waals surface area contributed by atoms with E-state index in [4.69, 9.17) is 5.73 Å². The number of rotatable bonds is 6. The second kappa shape index (κ2) is 8.71. The van der Waals surface area contributed by atoms with Crippen molar-refractivity contribution in [1.82, 2.24) is 19.4 Å². The highest BCUT2D eigenvalue weighted by molar-refractivity contribution is 5.98. The van der Waals surface area contributed by atoms with Crippen LogP contribution in [0.2, 0.25) is 0 Å². The number of amides is 1. The molecule has 32 heavy (non-hydrogen) atoms. The fraction of sp³-hybridized carbons (Fsp3) is 0.522. The molecular weight excluding hydrogens is 414 g/mol. The molecule has 2 unspecified atom stereocenters. The summed E-state index contributed by atoms with van der Waals surface area (Å²) in [7, 11) is 7.03. The van der Waals surface area contributed by atoms with Gasteiger partial charge in [-0.1, -0.05) is 6.07 Å². The summed E-state index contributed by atoms with van der Waals surface area (Å²) in [6.07, 6.45) is 2.29. The van der Waals surface area contributed by atoms with Crippen molar-refractivity contribution < 1.29 is 13.6 Å². The highest BCUT2D eigenvalue weighted by atomic mass is 19.3. The lowest BCUT2D eigenvalue weighted by molar-refractivity contribution is -0.120. The molecule has 3 rings (SSSR count). The van der Waals surface area contributed by atoms with E-state index in [9.17, 15) is 13.6 Å². The number of nitrogens with zero attached hydrogens (tertiary/aromatic N) is 4. The quantitative estimate of drug-likeness (QED) is 0.661. The van der Waals surface area contributed by atoms with E-state index < -0.39 is 23.9 Å². The molecule has 0 aliphatic heterocycles. The molecule has 1 saturated carbocycles. The number of likely N-dealkylation sites (N-methyl/N-ethyl adjacent to an activating group) is 2. The molecule has 1 amide bonds. The number of aromatic nitrogens is 2. The van der Waals surface area contributed by atoms with Gasteiger partial charge in [-0.3, -0.25) is 14.2 Å². The second-order valence-electron chi connectivity index (χ2n) is 9.47. The van der Waals surface area contributed by atoms with Crippen LogP contribution in [0.25, 0.3) is 0 Å². The normalized spacial score (nSPS) is 20.9. The first-order valence-corrected chi connectivity index (χ1v) is 10.7. The van der Waals surface area contributed by atoms with E-state index in [0.717, 1.165) is 16.8 Å². The van der Waals surface area contributed by atoms with Gasteiger partial charge in [0.1, 0.15) is 17.6 Å². The van der Waals surface area contributed by atoms with E-state index in [1.807, 2.05) is 46.1 Å². The van der Waals surface area contributed by atoms with Crippen LogP contribution in [0, 0.1) is 13.8 Å². The van der Waals surface area contributed by atoms with Gasteiger partial charge in [-0.05, 0) is 57.6 Å². The van der Waals surface area contributed by atoms with Gasteiger partial charge in [-0.2, -0.15) is 9.97 Å². The Labute approximate surface area is 188 Å². The Kier molecular flexibility index (Phi) is 6.53. The summed E-state index contributed by atoms with van der Waals surface area (Å²) in [5.74, 6) is -2.86. The Balaban J connectivity index is 2.05. The molecule has 9 heteroatoms. The summed E-state index contributed by atoms with van der Waals surface area (Å²) >= 11 is 0. The molecule has 2 aromatic rings. The molecule has 2 atom stereocenters. The molecule has 7 nitrogen and oxygen atoms in total. The number of hydrogen-bond acceptors (Lipinski definition) is 5. The van der Waals surface area contributed by atoms with Crippen LogP contribution < -0.4 is 15.5 Å². The lowest BCUT2D eigenvalue weighted by Crippen LogP contribution is -2.66. The Morgan fingerprint density at radius 1 is 1.22 bits per heavy atom. The summed E-state index contributed by atoms with van der Waals surface area (Å²) in [5, 5.41) is 3.18. The molecule has 1 heterocycles. The minimum Gasteiger partial charge on any atom is -0.365 e. The summed E-state index contributed by atoms with van der Waals surface area (Å²) in [4.78, 5) is 22.6. The third kappa shape index (κ3) is 4.73. The summed E-state index contributed by atoms with van der Waals surface area (Å²) in [6, 6.07) is 4.52. The van der Waals surface area contributed by atoms with E-state index in [-0.39, 0.29) is 22.3 Å². The second-order valence-corrected chi connectivity index (χ2v) is 9.47. The van der Waals surface area contributed by atoms with Crippen molar-refractivity contribution in [2.45, 2.75) is 51.1 Å². The minimum atomic E-state index is -2.81. The van der Waals surface area contributed by atoms with E-state index in [2.05, 4.69) is 15.3 Å². The maximum Gasteiger partial charge on any atom is 0.330 e. The number of quaternary nitrogens is 1. The fourth-order valence-electron chi connectivity index (χ4n) is 4.79. The lowest BCUT2D eigenvalue weighted by Gasteiger charge is -2.47. The maximum atomic E-state index is 14.9. The van der Waals surface area contributed by atoms with Gasteiger partial charge >= 0.3 is 5.95 Å². The van der Waals surface area contributed by atoms with Crippen molar-refractivity contribution in [1.29, 1.82) is 0 Å². The monoisotopic (exact) mass is 447 g/mol. The average molecular weight is 448 g/mol. The predicted octanol–water partition coefficient (Wildman–Crippen LogP) is 3.62. The minimum absolute atomic E-state index is 0.0546. The first-order valence-electron chi connectivity index (χ1n) is 10.7.